The monoisotopic (exact) mass is 444 g/mol. The second kappa shape index (κ2) is 8.32. The summed E-state index contributed by atoms with van der Waals surface area (Å²) in [5.41, 5.74) is 3.00. The molecular formula is C24H20N4O3S. The normalized spacial score (nSPS) is 18.0. The molecule has 1 aromatic carbocycles. The first kappa shape index (κ1) is 20.0. The molecule has 1 aliphatic rings. The summed E-state index contributed by atoms with van der Waals surface area (Å²) in [6.07, 6.45) is 5.39. The van der Waals surface area contributed by atoms with E-state index < -0.39 is 5.97 Å². The Bertz CT molecular complexity index is 1240. The van der Waals surface area contributed by atoms with Crippen molar-refractivity contribution in [3.05, 3.63) is 108 Å². The number of aromatic nitrogens is 2. The van der Waals surface area contributed by atoms with Crippen molar-refractivity contribution in [2.75, 3.05) is 0 Å². The predicted molar refractivity (Wildman–Crippen MR) is 122 cm³/mol. The van der Waals surface area contributed by atoms with Crippen LogP contribution in [0, 0.1) is 0 Å². The van der Waals surface area contributed by atoms with E-state index in [9.17, 15) is 9.90 Å². The van der Waals surface area contributed by atoms with Crippen LogP contribution in [-0.4, -0.2) is 30.6 Å². The average Bonchev–Trinajstić information content (AvgIpc) is 3.56. The van der Waals surface area contributed by atoms with Gasteiger partial charge in [-0.05, 0) is 72.9 Å². The largest absolute Gasteiger partial charge is 0.478 e. The van der Waals surface area contributed by atoms with Crippen molar-refractivity contribution in [3.63, 3.8) is 0 Å². The number of furan rings is 1. The summed E-state index contributed by atoms with van der Waals surface area (Å²) in [4.78, 5) is 17.9. The Kier molecular flexibility index (Phi) is 5.20. The molecule has 0 amide bonds. The first-order chi connectivity index (χ1) is 15.6. The van der Waals surface area contributed by atoms with Gasteiger partial charge in [-0.1, -0.05) is 6.07 Å². The number of carboxylic acid groups (broad SMARTS) is 1. The van der Waals surface area contributed by atoms with E-state index in [2.05, 4.69) is 25.8 Å². The molecule has 4 aromatic rings. The molecule has 1 fully saturated rings. The number of rotatable bonds is 6. The highest BCUT2D eigenvalue weighted by molar-refractivity contribution is 7.80. The minimum absolute atomic E-state index is 0.156. The van der Waals surface area contributed by atoms with Crippen LogP contribution in [0.4, 0.5) is 0 Å². The van der Waals surface area contributed by atoms with E-state index in [1.54, 1.807) is 36.7 Å². The summed E-state index contributed by atoms with van der Waals surface area (Å²) < 4.78 is 7.65. The highest BCUT2D eigenvalue weighted by atomic mass is 32.1. The number of hydrogen-bond acceptors (Lipinski definition) is 4. The van der Waals surface area contributed by atoms with E-state index in [0.717, 1.165) is 22.8 Å². The van der Waals surface area contributed by atoms with Crippen LogP contribution in [0.15, 0.2) is 89.8 Å². The molecule has 1 aliphatic heterocycles. The van der Waals surface area contributed by atoms with E-state index in [-0.39, 0.29) is 17.6 Å². The maximum absolute atomic E-state index is 11.3. The molecule has 2 unspecified atom stereocenters. The molecule has 2 atom stereocenters. The molecule has 0 bridgehead atoms. The Morgan fingerprint density at radius 2 is 1.94 bits per heavy atom. The van der Waals surface area contributed by atoms with E-state index in [1.165, 1.54) is 0 Å². The number of thiocarbonyl (C=S) groups is 1. The molecule has 3 aromatic heterocycles. The molecule has 8 heteroatoms. The maximum Gasteiger partial charge on any atom is 0.335 e. The maximum atomic E-state index is 11.3. The second-order valence-corrected chi connectivity index (χ2v) is 7.88. The van der Waals surface area contributed by atoms with Crippen molar-refractivity contribution in [3.8, 4) is 5.69 Å². The minimum Gasteiger partial charge on any atom is -0.478 e. The molecule has 0 spiro atoms. The number of carboxylic acids is 1. The van der Waals surface area contributed by atoms with E-state index in [1.807, 2.05) is 42.6 Å². The van der Waals surface area contributed by atoms with Gasteiger partial charge in [0.2, 0.25) is 0 Å². The highest BCUT2D eigenvalue weighted by Gasteiger charge is 2.41. The van der Waals surface area contributed by atoms with Crippen molar-refractivity contribution in [1.82, 2.24) is 19.8 Å². The van der Waals surface area contributed by atoms with Crippen molar-refractivity contribution < 1.29 is 14.3 Å². The molecule has 0 saturated carbocycles. The number of aromatic carboxylic acids is 1. The van der Waals surface area contributed by atoms with Crippen molar-refractivity contribution >= 4 is 23.3 Å². The lowest BCUT2D eigenvalue weighted by Gasteiger charge is -2.28. The van der Waals surface area contributed by atoms with Gasteiger partial charge in [0, 0.05) is 23.8 Å². The van der Waals surface area contributed by atoms with Gasteiger partial charge in [0.05, 0.1) is 36.1 Å². The Balaban J connectivity index is 1.58. The smallest absolute Gasteiger partial charge is 0.335 e. The molecule has 1 saturated heterocycles. The third-order valence-corrected chi connectivity index (χ3v) is 5.93. The SMILES string of the molecule is O=C(O)c1ccc(-n2cccc2C2C(c3ccccn3)NC(=S)N2Cc2ccco2)cc1. The number of nitrogens with zero attached hydrogens (tertiary/aromatic N) is 3. The van der Waals surface area contributed by atoms with Gasteiger partial charge in [-0.3, -0.25) is 4.98 Å². The van der Waals surface area contributed by atoms with Gasteiger partial charge < -0.3 is 24.3 Å². The average molecular weight is 445 g/mol. The van der Waals surface area contributed by atoms with Gasteiger partial charge in [-0.25, -0.2) is 4.79 Å². The fourth-order valence-corrected chi connectivity index (χ4v) is 4.41. The molecule has 32 heavy (non-hydrogen) atoms. The van der Waals surface area contributed by atoms with Crippen LogP contribution in [0.5, 0.6) is 0 Å². The Morgan fingerprint density at radius 3 is 2.62 bits per heavy atom. The zero-order valence-corrected chi connectivity index (χ0v) is 17.8. The lowest BCUT2D eigenvalue weighted by Crippen LogP contribution is -2.29. The van der Waals surface area contributed by atoms with Crippen LogP contribution in [0.25, 0.3) is 5.69 Å². The molecule has 4 heterocycles. The quantitative estimate of drug-likeness (QED) is 0.428. The molecule has 5 rings (SSSR count). The number of carbonyl (C=O) groups is 1. The van der Waals surface area contributed by atoms with E-state index >= 15 is 0 Å². The van der Waals surface area contributed by atoms with Gasteiger partial charge in [0.15, 0.2) is 5.11 Å². The third-order valence-electron chi connectivity index (χ3n) is 5.58. The number of pyridine rings is 1. The van der Waals surface area contributed by atoms with Gasteiger partial charge in [0.25, 0.3) is 0 Å². The van der Waals surface area contributed by atoms with Crippen LogP contribution in [0.1, 0.15) is 39.6 Å². The summed E-state index contributed by atoms with van der Waals surface area (Å²) in [6.45, 7) is 0.510. The lowest BCUT2D eigenvalue weighted by molar-refractivity contribution is 0.0697. The number of hydrogen-bond donors (Lipinski definition) is 2. The standard InChI is InChI=1S/C24H20N4O3S/c29-23(30)16-8-10-17(11-9-16)27-13-3-7-20(27)22-21(19-6-1-2-12-25-19)26-24(32)28(22)15-18-5-4-14-31-18/h1-14,21-22H,15H2,(H,26,32)(H,29,30). The first-order valence-electron chi connectivity index (χ1n) is 10.1. The Hall–Kier alpha value is -3.91. The minimum atomic E-state index is -0.950. The third kappa shape index (κ3) is 3.65. The van der Waals surface area contributed by atoms with Gasteiger partial charge in [-0.2, -0.15) is 0 Å². The van der Waals surface area contributed by atoms with Crippen molar-refractivity contribution in [2.24, 2.45) is 0 Å². The van der Waals surface area contributed by atoms with Crippen molar-refractivity contribution in [1.29, 1.82) is 0 Å². The van der Waals surface area contributed by atoms with E-state index in [0.29, 0.717) is 11.7 Å². The highest BCUT2D eigenvalue weighted by Crippen LogP contribution is 2.40. The lowest BCUT2D eigenvalue weighted by atomic mass is 10.0. The second-order valence-electron chi connectivity index (χ2n) is 7.49. The van der Waals surface area contributed by atoms with Crippen molar-refractivity contribution in [2.45, 2.75) is 18.6 Å². The first-order valence-corrected chi connectivity index (χ1v) is 10.5. The van der Waals surface area contributed by atoms with Gasteiger partial charge in [-0.15, -0.1) is 0 Å². The molecular weight excluding hydrogens is 424 g/mol. The number of nitrogens with one attached hydrogen (secondary N) is 1. The predicted octanol–water partition coefficient (Wildman–Crippen LogP) is 4.34. The van der Waals surface area contributed by atoms with Crippen LogP contribution >= 0.6 is 12.2 Å². The van der Waals surface area contributed by atoms with Crippen LogP contribution < -0.4 is 5.32 Å². The zero-order chi connectivity index (χ0) is 22.1. The van der Waals surface area contributed by atoms with Crippen LogP contribution in [0.2, 0.25) is 0 Å². The fraction of sp³-hybridized carbons (Fsp3) is 0.125. The van der Waals surface area contributed by atoms with E-state index in [4.69, 9.17) is 16.6 Å². The van der Waals surface area contributed by atoms with Gasteiger partial charge >= 0.3 is 5.97 Å². The molecule has 2 N–H and O–H groups in total. The molecule has 7 nitrogen and oxygen atoms in total. The van der Waals surface area contributed by atoms with Crippen LogP contribution in [-0.2, 0) is 6.54 Å². The summed E-state index contributed by atoms with van der Waals surface area (Å²) in [5.74, 6) is -0.140. The fourth-order valence-electron chi connectivity index (χ4n) is 4.10. The molecule has 0 aliphatic carbocycles. The number of benzene rings is 1. The van der Waals surface area contributed by atoms with Gasteiger partial charge in [0.1, 0.15) is 5.76 Å². The Labute approximate surface area is 189 Å². The Morgan fingerprint density at radius 1 is 1.09 bits per heavy atom. The summed E-state index contributed by atoms with van der Waals surface area (Å²) in [6, 6.07) is 20.2. The topological polar surface area (TPSA) is 83.5 Å². The molecule has 0 radical (unpaired) electrons. The zero-order valence-electron chi connectivity index (χ0n) is 17.0. The van der Waals surface area contributed by atoms with Crippen LogP contribution in [0.3, 0.4) is 0 Å². The summed E-state index contributed by atoms with van der Waals surface area (Å²) in [7, 11) is 0. The summed E-state index contributed by atoms with van der Waals surface area (Å²) >= 11 is 5.72. The summed E-state index contributed by atoms with van der Waals surface area (Å²) in [5, 5.41) is 13.3. The molecule has 160 valence electrons.